The Kier molecular flexibility index (Phi) is 11.6. The first-order valence-electron chi connectivity index (χ1n) is 7.35. The molecule has 1 aromatic rings. The van der Waals surface area contributed by atoms with E-state index in [1.807, 2.05) is 31.2 Å². The quantitative estimate of drug-likeness (QED) is 0.263. The summed E-state index contributed by atoms with van der Waals surface area (Å²) in [5.74, 6) is 0.880. The summed E-state index contributed by atoms with van der Waals surface area (Å²) >= 11 is 5.85. The smallest absolute Gasteiger partial charge is 0.191 e. The fourth-order valence-corrected chi connectivity index (χ4v) is 2.62. The van der Waals surface area contributed by atoms with Crippen molar-refractivity contribution in [1.29, 1.82) is 0 Å². The summed E-state index contributed by atoms with van der Waals surface area (Å²) in [6.45, 7) is 3.99. The highest BCUT2D eigenvalue weighted by Crippen LogP contribution is 2.09. The van der Waals surface area contributed by atoms with Gasteiger partial charge >= 0.3 is 0 Å². The van der Waals surface area contributed by atoms with Crippen molar-refractivity contribution in [1.82, 2.24) is 10.6 Å². The molecule has 1 aromatic carbocycles. The number of nitrogens with zero attached hydrogens (tertiary/aromatic N) is 1. The topological polar surface area (TPSA) is 70.6 Å². The Bertz CT molecular complexity index is 577. The molecule has 23 heavy (non-hydrogen) atoms. The van der Waals surface area contributed by atoms with Crippen LogP contribution in [0.5, 0.6) is 0 Å². The van der Waals surface area contributed by atoms with Gasteiger partial charge < -0.3 is 10.6 Å². The molecular weight excluding hydrogens is 449 g/mol. The fourth-order valence-electron chi connectivity index (χ4n) is 1.84. The number of sulfone groups is 1. The van der Waals surface area contributed by atoms with Crippen molar-refractivity contribution in [2.45, 2.75) is 19.8 Å². The zero-order chi connectivity index (χ0) is 16.4. The van der Waals surface area contributed by atoms with Gasteiger partial charge in [0.15, 0.2) is 5.96 Å². The molecule has 0 radical (unpaired) electrons. The average Bonchev–Trinajstić information content (AvgIpc) is 2.44. The minimum atomic E-state index is -2.91. The van der Waals surface area contributed by atoms with E-state index in [9.17, 15) is 8.42 Å². The van der Waals surface area contributed by atoms with Gasteiger partial charge in [0.05, 0.1) is 5.75 Å². The second-order valence-corrected chi connectivity index (χ2v) is 7.74. The molecule has 0 aliphatic heterocycles. The molecule has 0 aliphatic rings. The Hall–Kier alpha value is -0.540. The first-order valence-corrected chi connectivity index (χ1v) is 9.79. The van der Waals surface area contributed by atoms with Crippen LogP contribution < -0.4 is 10.6 Å². The molecule has 5 nitrogen and oxygen atoms in total. The molecule has 0 saturated carbocycles. The number of hydrogen-bond acceptors (Lipinski definition) is 3. The Morgan fingerprint density at radius 3 is 2.43 bits per heavy atom. The van der Waals surface area contributed by atoms with E-state index in [1.54, 1.807) is 0 Å². The van der Waals surface area contributed by atoms with Crippen LogP contribution in [0.1, 0.15) is 18.9 Å². The predicted octanol–water partition coefficient (Wildman–Crippen LogP) is 2.49. The summed E-state index contributed by atoms with van der Waals surface area (Å²) in [5.41, 5.74) is 1.20. The lowest BCUT2D eigenvalue weighted by molar-refractivity contribution is 0.599. The second-order valence-electron chi connectivity index (χ2n) is 5.05. The number of halogens is 2. The van der Waals surface area contributed by atoms with Crippen LogP contribution in [0.3, 0.4) is 0 Å². The first kappa shape index (κ1) is 22.5. The van der Waals surface area contributed by atoms with Gasteiger partial charge in [-0.2, -0.15) is 0 Å². The normalized spacial score (nSPS) is 11.7. The standard InChI is InChI=1S/C15H24ClN3O2S.HI/c1-3-17-15(18-10-4-12-22(2,20)21)19-11-9-13-5-7-14(16)8-6-13;/h5-8H,3-4,9-12H2,1-2H3,(H2,17,18,19);1H. The Balaban J connectivity index is 0.00000484. The van der Waals surface area contributed by atoms with Gasteiger partial charge in [-0.25, -0.2) is 8.42 Å². The molecule has 0 heterocycles. The van der Waals surface area contributed by atoms with Gasteiger partial charge in [0, 0.05) is 30.9 Å². The molecule has 0 aliphatic carbocycles. The number of nitrogens with one attached hydrogen (secondary N) is 2. The van der Waals surface area contributed by atoms with E-state index in [4.69, 9.17) is 11.6 Å². The Labute approximate surface area is 161 Å². The molecule has 0 atom stereocenters. The maximum Gasteiger partial charge on any atom is 0.191 e. The summed E-state index contributed by atoms with van der Waals surface area (Å²) < 4.78 is 22.1. The third-order valence-electron chi connectivity index (χ3n) is 2.91. The van der Waals surface area contributed by atoms with Crippen LogP contribution in [0.15, 0.2) is 29.3 Å². The van der Waals surface area contributed by atoms with Crippen LogP contribution in [0.2, 0.25) is 5.02 Å². The van der Waals surface area contributed by atoms with E-state index in [-0.39, 0.29) is 29.7 Å². The van der Waals surface area contributed by atoms with E-state index in [2.05, 4.69) is 15.6 Å². The van der Waals surface area contributed by atoms with Crippen molar-refractivity contribution >= 4 is 51.4 Å². The van der Waals surface area contributed by atoms with Crippen molar-refractivity contribution in [3.05, 3.63) is 34.9 Å². The van der Waals surface area contributed by atoms with Crippen molar-refractivity contribution in [3.63, 3.8) is 0 Å². The maximum atomic E-state index is 11.1. The van der Waals surface area contributed by atoms with Gasteiger partial charge in [-0.05, 0) is 37.5 Å². The van der Waals surface area contributed by atoms with Crippen LogP contribution in [-0.4, -0.2) is 46.0 Å². The van der Waals surface area contributed by atoms with E-state index in [0.717, 1.165) is 24.5 Å². The van der Waals surface area contributed by atoms with Gasteiger partial charge in [0.25, 0.3) is 0 Å². The van der Waals surface area contributed by atoms with E-state index in [1.165, 1.54) is 11.8 Å². The highest BCUT2D eigenvalue weighted by Gasteiger charge is 2.02. The molecule has 0 unspecified atom stereocenters. The fraction of sp³-hybridized carbons (Fsp3) is 0.533. The summed E-state index contributed by atoms with van der Waals surface area (Å²) in [4.78, 5) is 4.37. The molecule has 0 amide bonds. The largest absolute Gasteiger partial charge is 0.357 e. The molecule has 0 fully saturated rings. The highest BCUT2D eigenvalue weighted by atomic mass is 127. The first-order chi connectivity index (χ1) is 10.4. The lowest BCUT2D eigenvalue weighted by Crippen LogP contribution is -2.38. The van der Waals surface area contributed by atoms with Crippen LogP contribution >= 0.6 is 35.6 Å². The van der Waals surface area contributed by atoms with Gasteiger partial charge in [0.1, 0.15) is 9.84 Å². The highest BCUT2D eigenvalue weighted by molar-refractivity contribution is 14.0. The summed E-state index contributed by atoms with van der Waals surface area (Å²) in [7, 11) is -2.91. The second kappa shape index (κ2) is 11.9. The summed E-state index contributed by atoms with van der Waals surface area (Å²) in [5, 5.41) is 7.12. The lowest BCUT2D eigenvalue weighted by Gasteiger charge is -2.11. The monoisotopic (exact) mass is 473 g/mol. The zero-order valence-electron chi connectivity index (χ0n) is 13.5. The molecule has 0 spiro atoms. The molecular formula is C15H25ClIN3O2S. The van der Waals surface area contributed by atoms with Crippen molar-refractivity contribution < 1.29 is 8.42 Å². The third-order valence-corrected chi connectivity index (χ3v) is 4.19. The molecule has 2 N–H and O–H groups in total. The lowest BCUT2D eigenvalue weighted by atomic mass is 10.1. The van der Waals surface area contributed by atoms with Crippen molar-refractivity contribution in [2.24, 2.45) is 4.99 Å². The molecule has 0 aromatic heterocycles. The minimum absolute atomic E-state index is 0. The number of hydrogen-bond donors (Lipinski definition) is 2. The van der Waals surface area contributed by atoms with Gasteiger partial charge in [-0.1, -0.05) is 23.7 Å². The van der Waals surface area contributed by atoms with Crippen LogP contribution in [0, 0.1) is 0 Å². The molecule has 132 valence electrons. The summed E-state index contributed by atoms with van der Waals surface area (Å²) in [6, 6.07) is 7.75. The van der Waals surface area contributed by atoms with Gasteiger partial charge in [0.2, 0.25) is 0 Å². The van der Waals surface area contributed by atoms with Crippen LogP contribution in [0.4, 0.5) is 0 Å². The van der Waals surface area contributed by atoms with Gasteiger partial charge in [-0.15, -0.1) is 24.0 Å². The van der Waals surface area contributed by atoms with Crippen molar-refractivity contribution in [3.8, 4) is 0 Å². The number of rotatable bonds is 8. The molecule has 1 rings (SSSR count). The Morgan fingerprint density at radius 2 is 1.87 bits per heavy atom. The predicted molar refractivity (Wildman–Crippen MR) is 109 cm³/mol. The zero-order valence-corrected chi connectivity index (χ0v) is 17.4. The number of benzene rings is 1. The SMILES string of the molecule is CCNC(=NCCCS(C)(=O)=O)NCCc1ccc(Cl)cc1.I. The Morgan fingerprint density at radius 1 is 1.22 bits per heavy atom. The van der Waals surface area contributed by atoms with Crippen LogP contribution in [0.25, 0.3) is 0 Å². The average molecular weight is 474 g/mol. The molecule has 0 saturated heterocycles. The van der Waals surface area contributed by atoms with E-state index >= 15 is 0 Å². The summed E-state index contributed by atoms with van der Waals surface area (Å²) in [6.07, 6.45) is 2.64. The number of aliphatic imine (C=N–C) groups is 1. The number of guanidine groups is 1. The van der Waals surface area contributed by atoms with Crippen molar-refractivity contribution in [2.75, 3.05) is 31.6 Å². The molecule has 8 heteroatoms. The molecule has 0 bridgehead atoms. The van der Waals surface area contributed by atoms with E-state index < -0.39 is 9.84 Å². The van der Waals surface area contributed by atoms with E-state index in [0.29, 0.717) is 18.9 Å². The minimum Gasteiger partial charge on any atom is -0.357 e. The third kappa shape index (κ3) is 11.6. The maximum absolute atomic E-state index is 11.1. The van der Waals surface area contributed by atoms with Crippen LogP contribution in [-0.2, 0) is 16.3 Å². The van der Waals surface area contributed by atoms with Gasteiger partial charge in [-0.3, -0.25) is 4.99 Å².